The van der Waals surface area contributed by atoms with Crippen molar-refractivity contribution >= 4 is 50.5 Å². The molecule has 1 fully saturated rings. The number of likely N-dealkylation sites (tertiary alicyclic amines) is 1. The Bertz CT molecular complexity index is 984. The largest absolute Gasteiger partial charge is 0.449 e. The molecule has 1 saturated heterocycles. The predicted octanol–water partition coefficient (Wildman–Crippen LogP) is 3.58. The number of anilines is 1. The molecule has 0 aliphatic carbocycles. The number of nitrogens with one attached hydrogen (secondary N) is 1. The topological polar surface area (TPSA) is 115 Å². The number of alkyl halides is 1. The molecule has 2 heterocycles. The first kappa shape index (κ1) is 21.1. The molecule has 3 amide bonds. The van der Waals surface area contributed by atoms with Gasteiger partial charge in [-0.1, -0.05) is 15.9 Å². The number of rotatable bonds is 3. The van der Waals surface area contributed by atoms with Crippen LogP contribution in [0.25, 0.3) is 11.0 Å². The van der Waals surface area contributed by atoms with Crippen molar-refractivity contribution in [1.29, 1.82) is 0 Å². The summed E-state index contributed by atoms with van der Waals surface area (Å²) >= 11 is 3.32. The van der Waals surface area contributed by atoms with Crippen LogP contribution in [-0.4, -0.2) is 47.2 Å². The van der Waals surface area contributed by atoms with Crippen molar-refractivity contribution < 1.29 is 27.9 Å². The summed E-state index contributed by atoms with van der Waals surface area (Å²) in [6.07, 6.45) is -2.34. The van der Waals surface area contributed by atoms with E-state index in [4.69, 9.17) is 14.9 Å². The number of amides is 3. The molecule has 10 heteroatoms. The smallest absolute Gasteiger partial charge is 0.411 e. The van der Waals surface area contributed by atoms with Crippen LogP contribution in [0.5, 0.6) is 0 Å². The van der Waals surface area contributed by atoms with Crippen LogP contribution in [-0.2, 0) is 9.53 Å². The highest BCUT2D eigenvalue weighted by Crippen LogP contribution is 2.34. The minimum absolute atomic E-state index is 0.0743. The number of fused-ring (bicyclic) bond motifs is 1. The van der Waals surface area contributed by atoms with Gasteiger partial charge in [0, 0.05) is 16.3 Å². The normalized spacial score (nSPS) is 19.4. The SMILES string of the molecule is CC(C)(C)OC(=O)N1C[C@@H](F)C[C@H]1C(=O)Nc1c(C(N)=O)oc2ccc(Br)cc12. The summed E-state index contributed by atoms with van der Waals surface area (Å²) in [5.74, 6) is -1.77. The Kier molecular flexibility index (Phi) is 5.57. The first-order valence-electron chi connectivity index (χ1n) is 8.92. The van der Waals surface area contributed by atoms with Gasteiger partial charge >= 0.3 is 6.09 Å². The van der Waals surface area contributed by atoms with Crippen LogP contribution in [0.2, 0.25) is 0 Å². The van der Waals surface area contributed by atoms with E-state index in [2.05, 4.69) is 21.2 Å². The Morgan fingerprint density at radius 3 is 2.66 bits per heavy atom. The quantitative estimate of drug-likeness (QED) is 0.712. The van der Waals surface area contributed by atoms with E-state index in [-0.39, 0.29) is 24.4 Å². The number of furan rings is 1. The molecular weight excluding hydrogens is 449 g/mol. The minimum Gasteiger partial charge on any atom is -0.449 e. The van der Waals surface area contributed by atoms with Gasteiger partial charge in [0.15, 0.2) is 0 Å². The van der Waals surface area contributed by atoms with Gasteiger partial charge in [0.1, 0.15) is 29.1 Å². The number of carbonyl (C=O) groups excluding carboxylic acids is 3. The summed E-state index contributed by atoms with van der Waals surface area (Å²) in [6.45, 7) is 4.78. The third kappa shape index (κ3) is 4.52. The first-order valence-corrected chi connectivity index (χ1v) is 9.72. The molecule has 3 N–H and O–H groups in total. The molecule has 3 rings (SSSR count). The summed E-state index contributed by atoms with van der Waals surface area (Å²) < 4.78 is 25.5. The number of nitrogens with two attached hydrogens (primary N) is 1. The first-order chi connectivity index (χ1) is 13.5. The zero-order valence-corrected chi connectivity index (χ0v) is 17.7. The number of carbonyl (C=O) groups is 3. The number of halogens is 2. The minimum atomic E-state index is -1.37. The molecule has 29 heavy (non-hydrogen) atoms. The maximum atomic E-state index is 14.0. The number of primary amides is 1. The maximum absolute atomic E-state index is 14.0. The van der Waals surface area contributed by atoms with E-state index in [1.54, 1.807) is 39.0 Å². The van der Waals surface area contributed by atoms with Crippen LogP contribution in [0.1, 0.15) is 37.7 Å². The van der Waals surface area contributed by atoms with Crippen molar-refractivity contribution in [1.82, 2.24) is 4.90 Å². The fourth-order valence-electron chi connectivity index (χ4n) is 3.13. The van der Waals surface area contributed by atoms with Gasteiger partial charge in [-0.05, 0) is 39.0 Å². The van der Waals surface area contributed by atoms with Crippen LogP contribution in [0.3, 0.4) is 0 Å². The fraction of sp³-hybridized carbons (Fsp3) is 0.421. The summed E-state index contributed by atoms with van der Waals surface area (Å²) in [6, 6.07) is 3.87. The highest BCUT2D eigenvalue weighted by atomic mass is 79.9. The van der Waals surface area contributed by atoms with E-state index >= 15 is 0 Å². The molecule has 0 bridgehead atoms. The highest BCUT2D eigenvalue weighted by Gasteiger charge is 2.42. The lowest BCUT2D eigenvalue weighted by molar-refractivity contribution is -0.120. The number of hydrogen-bond donors (Lipinski definition) is 2. The Morgan fingerprint density at radius 2 is 2.03 bits per heavy atom. The van der Waals surface area contributed by atoms with Gasteiger partial charge in [-0.25, -0.2) is 9.18 Å². The molecular formula is C19H21BrFN3O5. The number of ether oxygens (including phenoxy) is 1. The molecule has 156 valence electrons. The van der Waals surface area contributed by atoms with Crippen LogP contribution in [0.4, 0.5) is 14.9 Å². The lowest BCUT2D eigenvalue weighted by Gasteiger charge is -2.27. The van der Waals surface area contributed by atoms with E-state index in [0.717, 1.165) is 4.90 Å². The number of nitrogens with zero attached hydrogens (tertiary/aromatic N) is 1. The molecule has 1 aliphatic heterocycles. The van der Waals surface area contributed by atoms with Crippen molar-refractivity contribution in [2.75, 3.05) is 11.9 Å². The molecule has 0 unspecified atom stereocenters. The molecule has 1 aliphatic rings. The van der Waals surface area contributed by atoms with E-state index in [1.165, 1.54) is 0 Å². The Labute approximate surface area is 174 Å². The van der Waals surface area contributed by atoms with Crippen molar-refractivity contribution in [2.24, 2.45) is 5.73 Å². The summed E-state index contributed by atoms with van der Waals surface area (Å²) in [5.41, 5.74) is 5.00. The van der Waals surface area contributed by atoms with Crippen molar-refractivity contribution in [3.05, 3.63) is 28.4 Å². The van der Waals surface area contributed by atoms with Gasteiger partial charge in [-0.3, -0.25) is 14.5 Å². The number of hydrogen-bond acceptors (Lipinski definition) is 5. The van der Waals surface area contributed by atoms with Gasteiger partial charge in [0.25, 0.3) is 5.91 Å². The van der Waals surface area contributed by atoms with E-state index in [0.29, 0.717) is 15.4 Å². The van der Waals surface area contributed by atoms with Crippen LogP contribution in [0, 0.1) is 0 Å². The maximum Gasteiger partial charge on any atom is 0.411 e. The second-order valence-corrected chi connectivity index (χ2v) is 8.70. The average molecular weight is 470 g/mol. The summed E-state index contributed by atoms with van der Waals surface area (Å²) in [7, 11) is 0. The molecule has 0 spiro atoms. The van der Waals surface area contributed by atoms with Crippen molar-refractivity contribution in [2.45, 2.75) is 45.0 Å². The van der Waals surface area contributed by atoms with Crippen LogP contribution >= 0.6 is 15.9 Å². The third-order valence-electron chi connectivity index (χ3n) is 4.30. The Morgan fingerprint density at radius 1 is 1.34 bits per heavy atom. The van der Waals surface area contributed by atoms with Gasteiger partial charge < -0.3 is 20.2 Å². The third-order valence-corrected chi connectivity index (χ3v) is 4.80. The standard InChI is InChI=1S/C19H21BrFN3O5/c1-19(2,3)29-18(27)24-8-10(21)7-12(24)17(26)23-14-11-6-9(20)4-5-13(11)28-15(14)16(22)25/h4-6,10,12H,7-8H2,1-3H3,(H2,22,25)(H,23,26)/t10-,12-/m0/s1. The van der Waals surface area contributed by atoms with Gasteiger partial charge in [0.05, 0.1) is 6.54 Å². The van der Waals surface area contributed by atoms with Gasteiger partial charge in [-0.15, -0.1) is 0 Å². The van der Waals surface area contributed by atoms with Crippen LogP contribution in [0.15, 0.2) is 27.1 Å². The van der Waals surface area contributed by atoms with E-state index in [9.17, 15) is 18.8 Å². The van der Waals surface area contributed by atoms with E-state index in [1.807, 2.05) is 0 Å². The average Bonchev–Trinajstić information content (AvgIpc) is 3.14. The Balaban J connectivity index is 1.91. The highest BCUT2D eigenvalue weighted by molar-refractivity contribution is 9.10. The van der Waals surface area contributed by atoms with Crippen LogP contribution < -0.4 is 11.1 Å². The zero-order valence-electron chi connectivity index (χ0n) is 16.1. The van der Waals surface area contributed by atoms with Crippen molar-refractivity contribution in [3.63, 3.8) is 0 Å². The zero-order chi connectivity index (χ0) is 21.5. The monoisotopic (exact) mass is 469 g/mol. The molecule has 2 atom stereocenters. The molecule has 8 nitrogen and oxygen atoms in total. The molecule has 1 aromatic carbocycles. The molecule has 2 aromatic rings. The van der Waals surface area contributed by atoms with E-state index < -0.39 is 35.7 Å². The van der Waals surface area contributed by atoms with Gasteiger partial charge in [0.2, 0.25) is 11.7 Å². The lowest BCUT2D eigenvalue weighted by Crippen LogP contribution is -2.45. The molecule has 1 aromatic heterocycles. The van der Waals surface area contributed by atoms with Gasteiger partial charge in [-0.2, -0.15) is 0 Å². The summed E-state index contributed by atoms with van der Waals surface area (Å²) in [4.78, 5) is 38.2. The fourth-order valence-corrected chi connectivity index (χ4v) is 3.49. The Hall–Kier alpha value is -2.62. The number of benzene rings is 1. The molecule has 0 saturated carbocycles. The lowest BCUT2D eigenvalue weighted by atomic mass is 10.1. The van der Waals surface area contributed by atoms with Crippen molar-refractivity contribution in [3.8, 4) is 0 Å². The second kappa shape index (κ2) is 7.66. The predicted molar refractivity (Wildman–Crippen MR) is 107 cm³/mol. The summed E-state index contributed by atoms with van der Waals surface area (Å²) in [5, 5.41) is 3.03. The second-order valence-electron chi connectivity index (χ2n) is 7.78. The molecule has 0 radical (unpaired) electrons.